The van der Waals surface area contributed by atoms with Gasteiger partial charge < -0.3 is 18.9 Å². The highest BCUT2D eigenvalue weighted by molar-refractivity contribution is 6.26. The van der Waals surface area contributed by atoms with Crippen molar-refractivity contribution in [3.63, 3.8) is 0 Å². The summed E-state index contributed by atoms with van der Waals surface area (Å²) in [6.07, 6.45) is 1.14. The van der Waals surface area contributed by atoms with E-state index in [0.29, 0.717) is 5.75 Å². The van der Waals surface area contributed by atoms with Gasteiger partial charge in [0, 0.05) is 12.1 Å². The predicted octanol–water partition coefficient (Wildman–Crippen LogP) is 1.62. The maximum Gasteiger partial charge on any atom is 0.232 e. The van der Waals surface area contributed by atoms with Gasteiger partial charge in [-0.15, -0.1) is 0 Å². The molecular weight excluding hydrogens is 264 g/mol. The fourth-order valence-corrected chi connectivity index (χ4v) is 2.12. The Kier molecular flexibility index (Phi) is 3.65. The van der Waals surface area contributed by atoms with Crippen molar-refractivity contribution in [1.82, 2.24) is 0 Å². The SMILES string of the molecule is COC1=CC(=O)c2c(OC)cc(OC)c(OC)c2C1=O. The van der Waals surface area contributed by atoms with E-state index in [0.717, 1.165) is 6.08 Å². The second kappa shape index (κ2) is 5.24. The largest absolute Gasteiger partial charge is 0.496 e. The van der Waals surface area contributed by atoms with Crippen molar-refractivity contribution in [3.05, 3.63) is 29.0 Å². The second-order valence-corrected chi connectivity index (χ2v) is 3.97. The Morgan fingerprint density at radius 2 is 1.45 bits per heavy atom. The number of carbonyl (C=O) groups is 2. The molecule has 0 amide bonds. The Morgan fingerprint density at radius 1 is 0.800 bits per heavy atom. The summed E-state index contributed by atoms with van der Waals surface area (Å²) in [7, 11) is 5.57. The first-order valence-electron chi connectivity index (χ1n) is 5.76. The number of ketones is 2. The fourth-order valence-electron chi connectivity index (χ4n) is 2.12. The van der Waals surface area contributed by atoms with Crippen molar-refractivity contribution in [3.8, 4) is 17.2 Å². The fraction of sp³-hybridized carbons (Fsp3) is 0.286. The zero-order valence-corrected chi connectivity index (χ0v) is 11.6. The van der Waals surface area contributed by atoms with E-state index in [1.165, 1.54) is 34.5 Å². The number of rotatable bonds is 4. The normalized spacial score (nSPS) is 13.5. The van der Waals surface area contributed by atoms with Gasteiger partial charge in [0.25, 0.3) is 0 Å². The molecule has 106 valence electrons. The van der Waals surface area contributed by atoms with Crippen molar-refractivity contribution in [2.45, 2.75) is 0 Å². The summed E-state index contributed by atoms with van der Waals surface area (Å²) >= 11 is 0. The average Bonchev–Trinajstić information content (AvgIpc) is 2.48. The van der Waals surface area contributed by atoms with E-state index in [1.54, 1.807) is 0 Å². The molecular formula is C14H14O6. The minimum Gasteiger partial charge on any atom is -0.496 e. The number of allylic oxidation sites excluding steroid dienone is 2. The van der Waals surface area contributed by atoms with E-state index >= 15 is 0 Å². The van der Waals surface area contributed by atoms with Gasteiger partial charge in [0.05, 0.1) is 39.6 Å². The number of hydrogen-bond donors (Lipinski definition) is 0. The minimum atomic E-state index is -0.448. The van der Waals surface area contributed by atoms with Crippen LogP contribution < -0.4 is 14.2 Å². The summed E-state index contributed by atoms with van der Waals surface area (Å²) < 4.78 is 20.5. The molecule has 0 saturated heterocycles. The molecule has 0 heterocycles. The first kappa shape index (κ1) is 13.9. The summed E-state index contributed by atoms with van der Waals surface area (Å²) in [6.45, 7) is 0. The van der Waals surface area contributed by atoms with Gasteiger partial charge >= 0.3 is 0 Å². The highest BCUT2D eigenvalue weighted by Gasteiger charge is 2.34. The summed E-state index contributed by atoms with van der Waals surface area (Å²) in [6, 6.07) is 1.51. The van der Waals surface area contributed by atoms with Crippen molar-refractivity contribution in [2.75, 3.05) is 28.4 Å². The van der Waals surface area contributed by atoms with Crippen LogP contribution in [0.25, 0.3) is 0 Å². The zero-order chi connectivity index (χ0) is 14.9. The molecule has 20 heavy (non-hydrogen) atoms. The Labute approximate surface area is 115 Å². The first-order valence-corrected chi connectivity index (χ1v) is 5.76. The third kappa shape index (κ3) is 1.89. The molecule has 0 aliphatic heterocycles. The number of fused-ring (bicyclic) bond motifs is 1. The van der Waals surface area contributed by atoms with Crippen LogP contribution in [-0.2, 0) is 4.74 Å². The zero-order valence-electron chi connectivity index (χ0n) is 11.6. The van der Waals surface area contributed by atoms with Gasteiger partial charge in [0.2, 0.25) is 5.78 Å². The van der Waals surface area contributed by atoms with Crippen molar-refractivity contribution in [1.29, 1.82) is 0 Å². The number of carbonyl (C=O) groups excluding carboxylic acids is 2. The van der Waals surface area contributed by atoms with Crippen LogP contribution in [0.1, 0.15) is 20.7 Å². The third-order valence-corrected chi connectivity index (χ3v) is 3.03. The lowest BCUT2D eigenvalue weighted by Crippen LogP contribution is -2.20. The summed E-state index contributed by atoms with van der Waals surface area (Å²) in [5.74, 6) is -0.130. The number of ether oxygens (including phenoxy) is 4. The topological polar surface area (TPSA) is 71.1 Å². The lowest BCUT2D eigenvalue weighted by molar-refractivity contribution is 0.0911. The Hall–Kier alpha value is -2.50. The highest BCUT2D eigenvalue weighted by atomic mass is 16.5. The van der Waals surface area contributed by atoms with E-state index in [4.69, 9.17) is 18.9 Å². The molecule has 0 aromatic heterocycles. The molecule has 1 aliphatic carbocycles. The Balaban J connectivity index is 2.82. The molecule has 0 spiro atoms. The van der Waals surface area contributed by atoms with Crippen LogP contribution in [0.3, 0.4) is 0 Å². The molecule has 0 unspecified atom stereocenters. The van der Waals surface area contributed by atoms with Crippen molar-refractivity contribution < 1.29 is 28.5 Å². The van der Waals surface area contributed by atoms with Gasteiger partial charge in [-0.2, -0.15) is 0 Å². The second-order valence-electron chi connectivity index (χ2n) is 3.97. The molecule has 2 rings (SSSR count). The van der Waals surface area contributed by atoms with Gasteiger partial charge in [-0.05, 0) is 0 Å². The molecule has 0 radical (unpaired) electrons. The van der Waals surface area contributed by atoms with Crippen LogP contribution >= 0.6 is 0 Å². The van der Waals surface area contributed by atoms with Crippen molar-refractivity contribution in [2.24, 2.45) is 0 Å². The van der Waals surface area contributed by atoms with Gasteiger partial charge in [0.1, 0.15) is 5.75 Å². The number of benzene rings is 1. The van der Waals surface area contributed by atoms with E-state index in [1.807, 2.05) is 0 Å². The summed E-state index contributed by atoms with van der Waals surface area (Å²) in [5.41, 5.74) is 0.240. The van der Waals surface area contributed by atoms with Crippen LogP contribution in [0.4, 0.5) is 0 Å². The molecule has 0 N–H and O–H groups in total. The van der Waals surface area contributed by atoms with Crippen molar-refractivity contribution >= 4 is 11.6 Å². The first-order chi connectivity index (χ1) is 9.58. The van der Waals surface area contributed by atoms with Gasteiger partial charge in [-0.25, -0.2) is 0 Å². The predicted molar refractivity (Wildman–Crippen MR) is 69.9 cm³/mol. The monoisotopic (exact) mass is 278 g/mol. The minimum absolute atomic E-state index is 0.0453. The standard InChI is InChI=1S/C14H14O6/c1-17-8-6-10(19-3)14(20-4)12-11(8)7(15)5-9(18-2)13(12)16/h5-6H,1-4H3. The smallest absolute Gasteiger partial charge is 0.232 e. The van der Waals surface area contributed by atoms with Crippen LogP contribution in [0.2, 0.25) is 0 Å². The lowest BCUT2D eigenvalue weighted by atomic mass is 9.91. The summed E-state index contributed by atoms with van der Waals surface area (Å²) in [4.78, 5) is 24.5. The quantitative estimate of drug-likeness (QED) is 0.833. The molecule has 0 fully saturated rings. The average molecular weight is 278 g/mol. The van der Waals surface area contributed by atoms with E-state index in [-0.39, 0.29) is 34.2 Å². The number of methoxy groups -OCH3 is 4. The molecule has 0 saturated carbocycles. The maximum atomic E-state index is 12.4. The third-order valence-electron chi connectivity index (χ3n) is 3.03. The van der Waals surface area contributed by atoms with Crippen LogP contribution in [0.5, 0.6) is 17.2 Å². The van der Waals surface area contributed by atoms with Crippen LogP contribution in [-0.4, -0.2) is 40.0 Å². The van der Waals surface area contributed by atoms with E-state index in [2.05, 4.69) is 0 Å². The maximum absolute atomic E-state index is 12.4. The molecule has 6 nitrogen and oxygen atoms in total. The molecule has 1 aromatic rings. The molecule has 0 atom stereocenters. The summed E-state index contributed by atoms with van der Waals surface area (Å²) in [5, 5.41) is 0. The molecule has 6 heteroatoms. The lowest BCUT2D eigenvalue weighted by Gasteiger charge is -2.21. The van der Waals surface area contributed by atoms with Gasteiger partial charge in [0.15, 0.2) is 23.0 Å². The Morgan fingerprint density at radius 3 is 1.95 bits per heavy atom. The molecule has 1 aliphatic rings. The van der Waals surface area contributed by atoms with Gasteiger partial charge in [-0.1, -0.05) is 0 Å². The Bertz CT molecular complexity index is 615. The van der Waals surface area contributed by atoms with E-state index in [9.17, 15) is 9.59 Å². The number of Topliss-reactive ketones (excluding diaryl/α,β-unsaturated/α-hetero) is 1. The molecule has 1 aromatic carbocycles. The number of hydrogen-bond acceptors (Lipinski definition) is 6. The van der Waals surface area contributed by atoms with Crippen LogP contribution in [0, 0.1) is 0 Å². The molecule has 0 bridgehead atoms. The van der Waals surface area contributed by atoms with Gasteiger partial charge in [-0.3, -0.25) is 9.59 Å². The van der Waals surface area contributed by atoms with E-state index < -0.39 is 5.78 Å². The van der Waals surface area contributed by atoms with Crippen LogP contribution in [0.15, 0.2) is 17.9 Å². The highest BCUT2D eigenvalue weighted by Crippen LogP contribution is 2.42.